The van der Waals surface area contributed by atoms with Crippen LogP contribution in [0.5, 0.6) is 0 Å². The molecule has 1 aliphatic heterocycles. The van der Waals surface area contributed by atoms with Crippen molar-refractivity contribution in [3.05, 3.63) is 77.4 Å². The molecule has 3 heteroatoms. The Kier molecular flexibility index (Phi) is 6.92. The van der Waals surface area contributed by atoms with Gasteiger partial charge >= 0.3 is 0 Å². The number of likely N-dealkylation sites (tertiary alicyclic amines) is 1. The van der Waals surface area contributed by atoms with Gasteiger partial charge in [-0.3, -0.25) is 9.69 Å². The number of allylic oxidation sites excluding steroid dienone is 2. The van der Waals surface area contributed by atoms with Crippen molar-refractivity contribution < 1.29 is 4.79 Å². The van der Waals surface area contributed by atoms with Gasteiger partial charge in [0.1, 0.15) is 0 Å². The Hall–Kier alpha value is -2.39. The maximum Gasteiger partial charge on any atom is 0.251 e. The average Bonchev–Trinajstić information content (AvgIpc) is 2.69. The third-order valence-electron chi connectivity index (χ3n) is 5.42. The molecule has 0 bridgehead atoms. The fourth-order valence-electron chi connectivity index (χ4n) is 3.96. The second-order valence-electron chi connectivity index (χ2n) is 9.28. The van der Waals surface area contributed by atoms with Crippen molar-refractivity contribution in [2.45, 2.75) is 53.1 Å². The summed E-state index contributed by atoms with van der Waals surface area (Å²) in [5.41, 5.74) is 4.66. The van der Waals surface area contributed by atoms with Crippen molar-refractivity contribution in [3.63, 3.8) is 0 Å². The van der Waals surface area contributed by atoms with Crippen LogP contribution in [-0.2, 0) is 6.54 Å². The fraction of sp³-hybridized carbons (Fsp3) is 0.423. The SMILES string of the molecule is C/C(=C\C(C)(C)C)c1ccc(C(=O)NC2CCN(Cc3ccccc3)CC2)cc1. The summed E-state index contributed by atoms with van der Waals surface area (Å²) in [6.45, 7) is 11.8. The van der Waals surface area contributed by atoms with Crippen molar-refractivity contribution in [2.75, 3.05) is 13.1 Å². The quantitative estimate of drug-likeness (QED) is 0.728. The molecule has 2 aromatic carbocycles. The molecule has 0 aliphatic carbocycles. The lowest BCUT2D eigenvalue weighted by atomic mass is 9.91. The largest absolute Gasteiger partial charge is 0.349 e. The van der Waals surface area contributed by atoms with Crippen LogP contribution in [-0.4, -0.2) is 29.9 Å². The minimum atomic E-state index is 0.0375. The van der Waals surface area contributed by atoms with Crippen LogP contribution in [0.15, 0.2) is 60.7 Å². The van der Waals surface area contributed by atoms with E-state index in [-0.39, 0.29) is 17.4 Å². The van der Waals surface area contributed by atoms with E-state index in [0.717, 1.165) is 38.0 Å². The molecule has 1 aliphatic rings. The number of carbonyl (C=O) groups excluding carboxylic acids is 1. The predicted molar refractivity (Wildman–Crippen MR) is 122 cm³/mol. The zero-order chi connectivity index (χ0) is 20.9. The minimum absolute atomic E-state index is 0.0375. The summed E-state index contributed by atoms with van der Waals surface area (Å²) in [5, 5.41) is 3.23. The smallest absolute Gasteiger partial charge is 0.251 e. The van der Waals surface area contributed by atoms with E-state index in [1.54, 1.807) is 0 Å². The minimum Gasteiger partial charge on any atom is -0.349 e. The Labute approximate surface area is 175 Å². The van der Waals surface area contributed by atoms with E-state index in [1.165, 1.54) is 16.7 Å². The van der Waals surface area contributed by atoms with E-state index in [9.17, 15) is 4.79 Å². The summed E-state index contributed by atoms with van der Waals surface area (Å²) < 4.78 is 0. The summed E-state index contributed by atoms with van der Waals surface area (Å²) in [6, 6.07) is 18.8. The molecule has 0 unspecified atom stereocenters. The van der Waals surface area contributed by atoms with E-state index >= 15 is 0 Å². The molecule has 2 aromatic rings. The lowest BCUT2D eigenvalue weighted by Gasteiger charge is -2.32. The van der Waals surface area contributed by atoms with Gasteiger partial charge in [-0.15, -0.1) is 0 Å². The van der Waals surface area contributed by atoms with Gasteiger partial charge in [0.25, 0.3) is 5.91 Å². The Bertz CT molecular complexity index is 823. The number of nitrogens with zero attached hydrogens (tertiary/aromatic N) is 1. The summed E-state index contributed by atoms with van der Waals surface area (Å²) >= 11 is 0. The molecule has 0 atom stereocenters. The molecule has 1 saturated heterocycles. The average molecular weight is 391 g/mol. The van der Waals surface area contributed by atoms with Gasteiger partial charge in [-0.1, -0.05) is 69.3 Å². The number of carbonyl (C=O) groups is 1. The maximum absolute atomic E-state index is 12.7. The lowest BCUT2D eigenvalue weighted by Crippen LogP contribution is -2.44. The molecule has 154 valence electrons. The van der Waals surface area contributed by atoms with Crippen molar-refractivity contribution in [3.8, 4) is 0 Å². The summed E-state index contributed by atoms with van der Waals surface area (Å²) in [5.74, 6) is 0.0375. The predicted octanol–water partition coefficient (Wildman–Crippen LogP) is 5.53. The second kappa shape index (κ2) is 9.41. The van der Waals surface area contributed by atoms with Crippen molar-refractivity contribution in [1.82, 2.24) is 10.2 Å². The number of rotatable bonds is 5. The number of benzene rings is 2. The molecular formula is C26H34N2O. The molecule has 3 nitrogen and oxygen atoms in total. The molecule has 1 N–H and O–H groups in total. The van der Waals surface area contributed by atoms with Gasteiger partial charge in [-0.25, -0.2) is 0 Å². The normalized spacial score (nSPS) is 16.6. The number of piperidine rings is 1. The van der Waals surface area contributed by atoms with Crippen molar-refractivity contribution in [1.29, 1.82) is 0 Å². The first kappa shape index (κ1) is 21.3. The van der Waals surface area contributed by atoms with Gasteiger partial charge < -0.3 is 5.32 Å². The highest BCUT2D eigenvalue weighted by Crippen LogP contribution is 2.23. The van der Waals surface area contributed by atoms with Crippen molar-refractivity contribution >= 4 is 11.5 Å². The number of amides is 1. The van der Waals surface area contributed by atoms with Gasteiger partial charge in [0.15, 0.2) is 0 Å². The highest BCUT2D eigenvalue weighted by atomic mass is 16.1. The van der Waals surface area contributed by atoms with E-state index in [0.29, 0.717) is 0 Å². The monoisotopic (exact) mass is 390 g/mol. The van der Waals surface area contributed by atoms with E-state index in [1.807, 2.05) is 12.1 Å². The third kappa shape index (κ3) is 6.57. The summed E-state index contributed by atoms with van der Waals surface area (Å²) in [6.07, 6.45) is 4.28. The van der Waals surface area contributed by atoms with Crippen LogP contribution in [0.4, 0.5) is 0 Å². The van der Waals surface area contributed by atoms with Crippen LogP contribution in [0, 0.1) is 5.41 Å². The van der Waals surface area contributed by atoms with Gasteiger partial charge in [0, 0.05) is 31.2 Å². The molecule has 1 heterocycles. The lowest BCUT2D eigenvalue weighted by molar-refractivity contribution is 0.0909. The van der Waals surface area contributed by atoms with Gasteiger partial charge in [-0.2, -0.15) is 0 Å². The van der Waals surface area contributed by atoms with Gasteiger partial charge in [-0.05, 0) is 54.0 Å². The van der Waals surface area contributed by atoms with Crippen LogP contribution in [0.25, 0.3) is 5.57 Å². The molecule has 3 rings (SSSR count). The number of hydrogen-bond acceptors (Lipinski definition) is 2. The molecular weight excluding hydrogens is 356 g/mol. The molecule has 0 radical (unpaired) electrons. The highest BCUT2D eigenvalue weighted by Gasteiger charge is 2.21. The summed E-state index contributed by atoms with van der Waals surface area (Å²) in [7, 11) is 0. The third-order valence-corrected chi connectivity index (χ3v) is 5.42. The van der Waals surface area contributed by atoms with E-state index in [4.69, 9.17) is 0 Å². The first-order chi connectivity index (χ1) is 13.8. The Morgan fingerprint density at radius 2 is 1.59 bits per heavy atom. The Balaban J connectivity index is 1.50. The Morgan fingerprint density at radius 1 is 1.00 bits per heavy atom. The zero-order valence-corrected chi connectivity index (χ0v) is 18.2. The topological polar surface area (TPSA) is 32.3 Å². The molecule has 1 amide bonds. The standard InChI is InChI=1S/C26H34N2O/c1-20(18-26(2,3)4)22-10-12-23(13-11-22)25(29)27-24-14-16-28(17-15-24)19-21-8-6-5-7-9-21/h5-13,18,24H,14-17,19H2,1-4H3,(H,27,29)/b20-18+. The van der Waals surface area contributed by atoms with Crippen LogP contribution in [0.2, 0.25) is 0 Å². The van der Waals surface area contributed by atoms with Crippen LogP contribution >= 0.6 is 0 Å². The van der Waals surface area contributed by atoms with Gasteiger partial charge in [0.2, 0.25) is 0 Å². The van der Waals surface area contributed by atoms with Crippen molar-refractivity contribution in [2.24, 2.45) is 5.41 Å². The number of nitrogens with one attached hydrogen (secondary N) is 1. The molecule has 29 heavy (non-hydrogen) atoms. The maximum atomic E-state index is 12.7. The first-order valence-corrected chi connectivity index (χ1v) is 10.7. The summed E-state index contributed by atoms with van der Waals surface area (Å²) in [4.78, 5) is 15.1. The van der Waals surface area contributed by atoms with Gasteiger partial charge in [0.05, 0.1) is 0 Å². The molecule has 0 spiro atoms. The highest BCUT2D eigenvalue weighted by molar-refractivity contribution is 5.94. The molecule has 0 saturated carbocycles. The van der Waals surface area contributed by atoms with Crippen LogP contribution < -0.4 is 5.32 Å². The van der Waals surface area contributed by atoms with Crippen LogP contribution in [0.1, 0.15) is 62.0 Å². The zero-order valence-electron chi connectivity index (χ0n) is 18.2. The second-order valence-corrected chi connectivity index (χ2v) is 9.28. The van der Waals surface area contributed by atoms with E-state index in [2.05, 4.69) is 86.5 Å². The fourth-order valence-corrected chi connectivity index (χ4v) is 3.96. The molecule has 0 aromatic heterocycles. The van der Waals surface area contributed by atoms with Crippen LogP contribution in [0.3, 0.4) is 0 Å². The Morgan fingerprint density at radius 3 is 2.17 bits per heavy atom. The first-order valence-electron chi connectivity index (χ1n) is 10.7. The number of hydrogen-bond donors (Lipinski definition) is 1. The van der Waals surface area contributed by atoms with E-state index < -0.39 is 0 Å². The molecule has 1 fully saturated rings.